The summed E-state index contributed by atoms with van der Waals surface area (Å²) in [5.74, 6) is 1.69. The molecular weight excluding hydrogens is 425 g/mol. The highest BCUT2D eigenvalue weighted by Gasteiger charge is 2.21. The summed E-state index contributed by atoms with van der Waals surface area (Å²) in [5, 5.41) is 2.78. The van der Waals surface area contributed by atoms with Crippen molar-refractivity contribution in [2.24, 2.45) is 11.8 Å². The standard InChI is InChI=1S/C30H40FNO2/c1-3-5-6-8-23-10-12-25(13-11-23)22-34-27-18-19-28(29(31)21-27)26-16-14-24(15-17-26)9-7-20-32-30(33)4-2/h4,14-19,21,23,25H,2-3,5-13,20,22H2,1H3,(H,32,33). The number of ether oxygens (including phenoxy) is 1. The molecule has 3 rings (SSSR count). The molecule has 0 unspecified atom stereocenters. The SMILES string of the molecule is C=CC(=O)NCCCc1ccc(-c2ccc(OCC3CCC(CCCCC)CC3)cc2F)cc1. The highest BCUT2D eigenvalue weighted by Crippen LogP contribution is 2.33. The van der Waals surface area contributed by atoms with Crippen LogP contribution < -0.4 is 10.1 Å². The molecule has 34 heavy (non-hydrogen) atoms. The Balaban J connectivity index is 1.44. The van der Waals surface area contributed by atoms with Crippen LogP contribution in [0.25, 0.3) is 11.1 Å². The van der Waals surface area contributed by atoms with Gasteiger partial charge in [-0.2, -0.15) is 0 Å². The fourth-order valence-electron chi connectivity index (χ4n) is 4.83. The second-order valence-corrected chi connectivity index (χ2v) is 9.63. The van der Waals surface area contributed by atoms with Gasteiger partial charge in [-0.3, -0.25) is 4.79 Å². The van der Waals surface area contributed by atoms with E-state index in [2.05, 4.69) is 18.8 Å². The first-order valence-corrected chi connectivity index (χ1v) is 13.0. The van der Waals surface area contributed by atoms with Gasteiger partial charge in [0.1, 0.15) is 11.6 Å². The number of hydrogen-bond donors (Lipinski definition) is 1. The van der Waals surface area contributed by atoms with E-state index >= 15 is 0 Å². The number of nitrogens with one attached hydrogen (secondary N) is 1. The minimum atomic E-state index is -0.253. The highest BCUT2D eigenvalue weighted by atomic mass is 19.1. The molecule has 0 spiro atoms. The molecule has 1 fully saturated rings. The monoisotopic (exact) mass is 465 g/mol. The number of rotatable bonds is 13. The molecule has 0 radical (unpaired) electrons. The van der Waals surface area contributed by atoms with Gasteiger partial charge in [0.05, 0.1) is 6.61 Å². The zero-order valence-electron chi connectivity index (χ0n) is 20.7. The summed E-state index contributed by atoms with van der Waals surface area (Å²) >= 11 is 0. The second kappa shape index (κ2) is 13.9. The van der Waals surface area contributed by atoms with Crippen molar-refractivity contribution in [3.63, 3.8) is 0 Å². The van der Waals surface area contributed by atoms with Crippen molar-refractivity contribution in [1.82, 2.24) is 5.32 Å². The van der Waals surface area contributed by atoms with Gasteiger partial charge in [0, 0.05) is 18.2 Å². The third-order valence-corrected chi connectivity index (χ3v) is 7.00. The van der Waals surface area contributed by atoms with Gasteiger partial charge >= 0.3 is 0 Å². The third kappa shape index (κ3) is 8.30. The molecule has 184 valence electrons. The Morgan fingerprint density at radius 3 is 2.47 bits per heavy atom. The minimum Gasteiger partial charge on any atom is -0.493 e. The molecule has 0 heterocycles. The predicted octanol–water partition coefficient (Wildman–Crippen LogP) is 7.49. The van der Waals surface area contributed by atoms with Gasteiger partial charge in [0.25, 0.3) is 0 Å². The average Bonchev–Trinajstić information content (AvgIpc) is 2.86. The largest absolute Gasteiger partial charge is 0.493 e. The highest BCUT2D eigenvalue weighted by molar-refractivity contribution is 5.86. The Hall–Kier alpha value is -2.62. The van der Waals surface area contributed by atoms with E-state index in [4.69, 9.17) is 4.74 Å². The molecule has 2 aromatic rings. The van der Waals surface area contributed by atoms with Crippen molar-refractivity contribution in [2.45, 2.75) is 71.1 Å². The van der Waals surface area contributed by atoms with Crippen molar-refractivity contribution >= 4 is 5.91 Å². The van der Waals surface area contributed by atoms with Crippen LogP contribution in [0.1, 0.15) is 70.3 Å². The normalized spacial score (nSPS) is 17.8. The lowest BCUT2D eigenvalue weighted by Gasteiger charge is -2.28. The second-order valence-electron chi connectivity index (χ2n) is 9.63. The fraction of sp³-hybridized carbons (Fsp3) is 0.500. The van der Waals surface area contributed by atoms with E-state index in [9.17, 15) is 9.18 Å². The van der Waals surface area contributed by atoms with Gasteiger partial charge in [-0.25, -0.2) is 4.39 Å². The van der Waals surface area contributed by atoms with Gasteiger partial charge in [0.15, 0.2) is 0 Å². The maximum Gasteiger partial charge on any atom is 0.243 e. The number of amides is 1. The first kappa shape index (κ1) is 26.0. The average molecular weight is 466 g/mol. The molecule has 0 saturated heterocycles. The smallest absolute Gasteiger partial charge is 0.243 e. The molecule has 1 amide bonds. The van der Waals surface area contributed by atoms with Crippen LogP contribution in [0.4, 0.5) is 4.39 Å². The van der Waals surface area contributed by atoms with E-state index in [-0.39, 0.29) is 11.7 Å². The summed E-state index contributed by atoms with van der Waals surface area (Å²) in [4.78, 5) is 11.2. The number of halogens is 1. The zero-order valence-corrected chi connectivity index (χ0v) is 20.7. The van der Waals surface area contributed by atoms with Gasteiger partial charge < -0.3 is 10.1 Å². The van der Waals surface area contributed by atoms with Crippen LogP contribution in [-0.2, 0) is 11.2 Å². The Morgan fingerprint density at radius 2 is 1.79 bits per heavy atom. The van der Waals surface area contributed by atoms with Crippen molar-refractivity contribution in [3.05, 3.63) is 66.5 Å². The predicted molar refractivity (Wildman–Crippen MR) is 138 cm³/mol. The van der Waals surface area contributed by atoms with E-state index in [0.717, 1.165) is 29.9 Å². The van der Waals surface area contributed by atoms with Crippen LogP contribution in [0.15, 0.2) is 55.1 Å². The van der Waals surface area contributed by atoms with Gasteiger partial charge in [-0.15, -0.1) is 0 Å². The summed E-state index contributed by atoms with van der Waals surface area (Å²) < 4.78 is 20.8. The fourth-order valence-corrected chi connectivity index (χ4v) is 4.83. The first-order chi connectivity index (χ1) is 16.6. The Bertz CT molecular complexity index is 901. The van der Waals surface area contributed by atoms with Gasteiger partial charge in [-0.1, -0.05) is 76.3 Å². The molecule has 1 aliphatic carbocycles. The maximum atomic E-state index is 14.8. The van der Waals surface area contributed by atoms with E-state index in [0.29, 0.717) is 30.4 Å². The lowest BCUT2D eigenvalue weighted by atomic mass is 9.80. The van der Waals surface area contributed by atoms with Crippen LogP contribution >= 0.6 is 0 Å². The van der Waals surface area contributed by atoms with E-state index < -0.39 is 0 Å². The summed E-state index contributed by atoms with van der Waals surface area (Å²) in [6.45, 7) is 7.00. The van der Waals surface area contributed by atoms with Crippen molar-refractivity contribution in [2.75, 3.05) is 13.2 Å². The number of carbonyl (C=O) groups is 1. The van der Waals surface area contributed by atoms with Crippen LogP contribution in [0.5, 0.6) is 5.75 Å². The molecule has 3 nitrogen and oxygen atoms in total. The number of carbonyl (C=O) groups excluding carboxylic acids is 1. The topological polar surface area (TPSA) is 38.3 Å². The first-order valence-electron chi connectivity index (χ1n) is 13.0. The van der Waals surface area contributed by atoms with Crippen LogP contribution in [0, 0.1) is 17.7 Å². The van der Waals surface area contributed by atoms with Crippen molar-refractivity contribution in [3.8, 4) is 16.9 Å². The lowest BCUT2D eigenvalue weighted by Crippen LogP contribution is -2.22. The molecule has 4 heteroatoms. The molecule has 2 aromatic carbocycles. The summed E-state index contributed by atoms with van der Waals surface area (Å²) in [7, 11) is 0. The van der Waals surface area contributed by atoms with Crippen LogP contribution in [0.3, 0.4) is 0 Å². The molecule has 0 aliphatic heterocycles. The third-order valence-electron chi connectivity index (χ3n) is 7.00. The molecular formula is C30H40FNO2. The molecule has 0 atom stereocenters. The summed E-state index contributed by atoms with van der Waals surface area (Å²) in [6.07, 6.45) is 13.4. The Morgan fingerprint density at radius 1 is 1.06 bits per heavy atom. The minimum absolute atomic E-state index is 0.150. The van der Waals surface area contributed by atoms with Gasteiger partial charge in [-0.05, 0) is 66.9 Å². The molecule has 1 aliphatic rings. The molecule has 0 bridgehead atoms. The van der Waals surface area contributed by atoms with E-state index in [1.807, 2.05) is 36.4 Å². The number of benzene rings is 2. The number of unbranched alkanes of at least 4 members (excludes halogenated alkanes) is 2. The lowest BCUT2D eigenvalue weighted by molar-refractivity contribution is -0.116. The quantitative estimate of drug-likeness (QED) is 0.246. The van der Waals surface area contributed by atoms with Crippen LogP contribution in [0.2, 0.25) is 0 Å². The molecule has 0 aromatic heterocycles. The Kier molecular flexibility index (Phi) is 10.7. The maximum absolute atomic E-state index is 14.8. The van der Waals surface area contributed by atoms with E-state index in [1.165, 1.54) is 63.5 Å². The number of hydrogen-bond acceptors (Lipinski definition) is 2. The van der Waals surface area contributed by atoms with Gasteiger partial charge in [0.2, 0.25) is 5.91 Å². The number of aryl methyl sites for hydroxylation is 1. The van der Waals surface area contributed by atoms with Crippen molar-refractivity contribution < 1.29 is 13.9 Å². The van der Waals surface area contributed by atoms with Crippen molar-refractivity contribution in [1.29, 1.82) is 0 Å². The van der Waals surface area contributed by atoms with E-state index in [1.54, 1.807) is 0 Å². The molecule has 1 N–H and O–H groups in total. The summed E-state index contributed by atoms with van der Waals surface area (Å²) in [5.41, 5.74) is 2.61. The Labute approximate surface area is 204 Å². The summed E-state index contributed by atoms with van der Waals surface area (Å²) in [6, 6.07) is 13.2. The van der Waals surface area contributed by atoms with Crippen LogP contribution in [-0.4, -0.2) is 19.1 Å². The molecule has 1 saturated carbocycles. The zero-order chi connectivity index (χ0) is 24.2.